The average Bonchev–Trinajstić information content (AvgIpc) is 2.83. The Bertz CT molecular complexity index is 1090. The van der Waals surface area contributed by atoms with E-state index < -0.39 is 17.5 Å². The number of carbonyl (C=O) groups excluding carboxylic acids is 2. The van der Waals surface area contributed by atoms with Crippen LogP contribution in [0.25, 0.3) is 21.9 Å². The van der Waals surface area contributed by atoms with Crippen LogP contribution in [-0.4, -0.2) is 18.4 Å². The van der Waals surface area contributed by atoms with Gasteiger partial charge in [-0.2, -0.15) is 0 Å². The Hall–Kier alpha value is -3.09. The lowest BCUT2D eigenvalue weighted by Gasteiger charge is -2.09. The van der Waals surface area contributed by atoms with Crippen molar-refractivity contribution < 1.29 is 23.5 Å². The smallest absolute Gasteiger partial charge is 0.340 e. The summed E-state index contributed by atoms with van der Waals surface area (Å²) in [5, 5.41) is 14.5. The number of rotatable bonds is 5. The first-order valence-corrected chi connectivity index (χ1v) is 8.20. The van der Waals surface area contributed by atoms with Gasteiger partial charge in [-0.15, -0.1) is 0 Å². The number of furan rings is 1. The van der Waals surface area contributed by atoms with E-state index >= 15 is 0 Å². The van der Waals surface area contributed by atoms with Crippen LogP contribution in [0.1, 0.15) is 28.9 Å². The molecule has 1 amide bonds. The van der Waals surface area contributed by atoms with Crippen LogP contribution in [0.15, 0.2) is 25.8 Å². The van der Waals surface area contributed by atoms with E-state index in [9.17, 15) is 19.5 Å². The zero-order valence-electron chi connectivity index (χ0n) is 14.7. The molecule has 2 heterocycles. The van der Waals surface area contributed by atoms with E-state index in [1.165, 1.54) is 0 Å². The summed E-state index contributed by atoms with van der Waals surface area (Å²) in [4.78, 5) is 34.7. The van der Waals surface area contributed by atoms with Crippen molar-refractivity contribution in [1.82, 2.24) is 5.32 Å². The van der Waals surface area contributed by atoms with Gasteiger partial charge in [-0.25, -0.2) is 4.79 Å². The molecule has 3 aromatic rings. The van der Waals surface area contributed by atoms with Crippen LogP contribution in [0.3, 0.4) is 0 Å². The average molecular weight is 356 g/mol. The summed E-state index contributed by atoms with van der Waals surface area (Å²) in [5.41, 5.74) is 2.36. The third kappa shape index (κ3) is 3.20. The Kier molecular flexibility index (Phi) is 4.54. The van der Waals surface area contributed by atoms with E-state index in [0.717, 1.165) is 22.1 Å². The summed E-state index contributed by atoms with van der Waals surface area (Å²) in [6.45, 7) is 5.53. The van der Waals surface area contributed by atoms with E-state index in [0.29, 0.717) is 16.7 Å². The van der Waals surface area contributed by atoms with E-state index in [2.05, 4.69) is 5.32 Å². The van der Waals surface area contributed by atoms with E-state index in [1.807, 2.05) is 19.9 Å². The Morgan fingerprint density at radius 2 is 1.69 bits per heavy atom. The molecule has 0 unspecified atom stereocenters. The largest absolute Gasteiger partial charge is 0.550 e. The van der Waals surface area contributed by atoms with Gasteiger partial charge in [-0.3, -0.25) is 4.79 Å². The van der Waals surface area contributed by atoms with Gasteiger partial charge in [0.15, 0.2) is 0 Å². The number of benzene rings is 1. The van der Waals surface area contributed by atoms with Crippen molar-refractivity contribution in [1.29, 1.82) is 0 Å². The zero-order chi connectivity index (χ0) is 19.0. The predicted octanol–water partition coefficient (Wildman–Crippen LogP) is 1.26. The summed E-state index contributed by atoms with van der Waals surface area (Å²) in [7, 11) is 0. The fraction of sp³-hybridized carbons (Fsp3) is 0.316. The van der Waals surface area contributed by atoms with Crippen molar-refractivity contribution in [3.63, 3.8) is 0 Å². The minimum atomic E-state index is -1.25. The minimum absolute atomic E-state index is 0.0484. The molecule has 3 rings (SSSR count). The molecular weight excluding hydrogens is 338 g/mol. The van der Waals surface area contributed by atoms with Crippen LogP contribution in [0.4, 0.5) is 0 Å². The molecule has 0 fully saturated rings. The van der Waals surface area contributed by atoms with Crippen molar-refractivity contribution in [2.75, 3.05) is 6.54 Å². The maximum absolute atomic E-state index is 12.3. The molecule has 0 bridgehead atoms. The lowest BCUT2D eigenvalue weighted by molar-refractivity contribution is -0.305. The van der Waals surface area contributed by atoms with Crippen LogP contribution in [0, 0.1) is 20.8 Å². The number of aliphatic carboxylic acids is 1. The van der Waals surface area contributed by atoms with Crippen LogP contribution < -0.4 is 16.0 Å². The van der Waals surface area contributed by atoms with Gasteiger partial charge in [-0.05, 0) is 38.0 Å². The second kappa shape index (κ2) is 6.67. The third-order valence-corrected chi connectivity index (χ3v) is 4.57. The molecule has 1 N–H and O–H groups in total. The van der Waals surface area contributed by atoms with Gasteiger partial charge in [0.25, 0.3) is 0 Å². The number of hydrogen-bond acceptors (Lipinski definition) is 6. The van der Waals surface area contributed by atoms with Crippen LogP contribution in [0.5, 0.6) is 0 Å². The van der Waals surface area contributed by atoms with Crippen molar-refractivity contribution in [3.05, 3.63) is 45.0 Å². The van der Waals surface area contributed by atoms with E-state index in [4.69, 9.17) is 8.83 Å². The Labute approximate surface area is 148 Å². The highest BCUT2D eigenvalue weighted by Gasteiger charge is 2.17. The van der Waals surface area contributed by atoms with Gasteiger partial charge in [0.2, 0.25) is 5.91 Å². The molecule has 0 saturated carbocycles. The van der Waals surface area contributed by atoms with Gasteiger partial charge in [-0.1, -0.05) is 0 Å². The third-order valence-electron chi connectivity index (χ3n) is 4.57. The fourth-order valence-corrected chi connectivity index (χ4v) is 2.96. The SMILES string of the molecule is Cc1oc2cc3oc(=O)c(CC(=O)NCCC(=O)[O-])c(C)c3cc2c1C. The normalized spacial score (nSPS) is 11.2. The lowest BCUT2D eigenvalue weighted by Crippen LogP contribution is -2.32. The van der Waals surface area contributed by atoms with Gasteiger partial charge in [0.1, 0.15) is 16.9 Å². The topological polar surface area (TPSA) is 113 Å². The van der Waals surface area contributed by atoms with Crippen LogP contribution >= 0.6 is 0 Å². The number of fused-ring (bicyclic) bond motifs is 2. The van der Waals surface area contributed by atoms with Crippen molar-refractivity contribution >= 4 is 33.8 Å². The first-order chi connectivity index (χ1) is 12.3. The predicted molar refractivity (Wildman–Crippen MR) is 92.8 cm³/mol. The molecule has 0 radical (unpaired) electrons. The Balaban J connectivity index is 1.99. The number of carbonyl (C=O) groups is 2. The Morgan fingerprint density at radius 3 is 2.38 bits per heavy atom. The maximum Gasteiger partial charge on any atom is 0.340 e. The van der Waals surface area contributed by atoms with Gasteiger partial charge in [0, 0.05) is 35.8 Å². The first kappa shape index (κ1) is 17.7. The summed E-state index contributed by atoms with van der Waals surface area (Å²) < 4.78 is 11.0. The van der Waals surface area contributed by atoms with Crippen molar-refractivity contribution in [3.8, 4) is 0 Å². The molecule has 26 heavy (non-hydrogen) atoms. The molecular formula is C19H18NO6-. The van der Waals surface area contributed by atoms with Crippen molar-refractivity contribution in [2.24, 2.45) is 0 Å². The molecule has 2 aromatic heterocycles. The summed E-state index contributed by atoms with van der Waals surface area (Å²) in [6, 6.07) is 3.58. The second-order valence-corrected chi connectivity index (χ2v) is 6.27. The Morgan fingerprint density at radius 1 is 1.04 bits per heavy atom. The van der Waals surface area contributed by atoms with Crippen molar-refractivity contribution in [2.45, 2.75) is 33.6 Å². The number of aryl methyl sites for hydroxylation is 3. The van der Waals surface area contributed by atoms with E-state index in [-0.39, 0.29) is 24.9 Å². The summed E-state index contributed by atoms with van der Waals surface area (Å²) >= 11 is 0. The quantitative estimate of drug-likeness (QED) is 0.689. The number of carboxylic acid groups (broad SMARTS) is 1. The molecule has 1 aromatic carbocycles. The molecule has 0 aliphatic heterocycles. The molecule has 0 spiro atoms. The highest BCUT2D eigenvalue weighted by atomic mass is 16.4. The number of hydrogen-bond donors (Lipinski definition) is 1. The number of nitrogens with one attached hydrogen (secondary N) is 1. The highest BCUT2D eigenvalue weighted by molar-refractivity contribution is 5.97. The monoisotopic (exact) mass is 356 g/mol. The number of amides is 1. The molecule has 7 heteroatoms. The summed E-state index contributed by atoms with van der Waals surface area (Å²) in [5.74, 6) is -0.901. The van der Waals surface area contributed by atoms with Crippen LogP contribution in [0.2, 0.25) is 0 Å². The van der Waals surface area contributed by atoms with E-state index in [1.54, 1.807) is 13.0 Å². The zero-order valence-corrected chi connectivity index (χ0v) is 14.7. The molecule has 7 nitrogen and oxygen atoms in total. The summed E-state index contributed by atoms with van der Waals surface area (Å²) in [6.07, 6.45) is -0.466. The molecule has 0 atom stereocenters. The standard InChI is InChI=1S/C19H19NO6/c1-9-11(3)25-15-8-16-13(6-12(9)15)10(2)14(19(24)26-16)7-17(21)20-5-4-18(22)23/h6,8H,4-5,7H2,1-3H3,(H,20,21)(H,22,23)/p-1. The maximum atomic E-state index is 12.3. The molecule has 0 aliphatic carbocycles. The van der Waals surface area contributed by atoms with Gasteiger partial charge < -0.3 is 24.1 Å². The van der Waals surface area contributed by atoms with Gasteiger partial charge in [0.05, 0.1) is 12.0 Å². The second-order valence-electron chi connectivity index (χ2n) is 6.27. The molecule has 136 valence electrons. The van der Waals surface area contributed by atoms with Gasteiger partial charge >= 0.3 is 5.63 Å². The molecule has 0 aliphatic rings. The lowest BCUT2D eigenvalue weighted by atomic mass is 10.0. The minimum Gasteiger partial charge on any atom is -0.550 e. The number of carboxylic acids is 1. The fourth-order valence-electron chi connectivity index (χ4n) is 2.96. The first-order valence-electron chi connectivity index (χ1n) is 8.20. The van der Waals surface area contributed by atoms with Crippen LogP contribution in [-0.2, 0) is 16.0 Å². The highest BCUT2D eigenvalue weighted by Crippen LogP contribution is 2.30. The molecule has 0 saturated heterocycles.